The minimum Gasteiger partial charge on any atom is -0.382 e. The summed E-state index contributed by atoms with van der Waals surface area (Å²) in [5.74, 6) is -0.186. The van der Waals surface area contributed by atoms with Gasteiger partial charge in [-0.05, 0) is 49.6 Å². The van der Waals surface area contributed by atoms with Crippen LogP contribution in [0.5, 0.6) is 0 Å². The molecular weight excluding hydrogens is 225 g/mol. The second kappa shape index (κ2) is 5.67. The van der Waals surface area contributed by atoms with Crippen molar-refractivity contribution in [1.82, 2.24) is 0 Å². The molecule has 2 rings (SSSR count). The normalized spacial score (nSPS) is 12.2. The van der Waals surface area contributed by atoms with Crippen LogP contribution in [0.3, 0.4) is 0 Å². The smallest absolute Gasteiger partial charge is 0.123 e. The largest absolute Gasteiger partial charge is 0.382 e. The molecule has 2 heteroatoms. The van der Waals surface area contributed by atoms with Crippen molar-refractivity contribution in [2.45, 2.75) is 26.3 Å². The fraction of sp³-hybridized carbons (Fsp3) is 0.250. The van der Waals surface area contributed by atoms with Gasteiger partial charge in [-0.2, -0.15) is 0 Å². The minimum absolute atomic E-state index is 0.186. The maximum absolute atomic E-state index is 13.0. The van der Waals surface area contributed by atoms with E-state index in [0.717, 1.165) is 17.7 Å². The highest BCUT2D eigenvalue weighted by Crippen LogP contribution is 2.17. The third-order valence-corrected chi connectivity index (χ3v) is 2.98. The van der Waals surface area contributed by atoms with Crippen molar-refractivity contribution in [2.75, 3.05) is 5.32 Å². The van der Waals surface area contributed by atoms with E-state index in [1.165, 1.54) is 11.6 Å². The van der Waals surface area contributed by atoms with Crippen LogP contribution >= 0.6 is 0 Å². The van der Waals surface area contributed by atoms with Gasteiger partial charge in [-0.1, -0.05) is 30.3 Å². The number of nitrogens with one attached hydrogen (secondary N) is 1. The summed E-state index contributed by atoms with van der Waals surface area (Å²) in [5, 5.41) is 3.42. The molecule has 0 fully saturated rings. The molecule has 0 amide bonds. The van der Waals surface area contributed by atoms with Gasteiger partial charge in [0.25, 0.3) is 0 Å². The number of halogens is 1. The second-order valence-electron chi connectivity index (χ2n) is 4.69. The van der Waals surface area contributed by atoms with E-state index < -0.39 is 0 Å². The van der Waals surface area contributed by atoms with Crippen LogP contribution in [-0.4, -0.2) is 6.04 Å². The van der Waals surface area contributed by atoms with E-state index in [4.69, 9.17) is 0 Å². The van der Waals surface area contributed by atoms with E-state index >= 15 is 0 Å². The van der Waals surface area contributed by atoms with E-state index in [1.807, 2.05) is 25.1 Å². The molecule has 0 radical (unpaired) electrons. The molecule has 1 N–H and O–H groups in total. The zero-order valence-electron chi connectivity index (χ0n) is 10.8. The Hall–Kier alpha value is -1.83. The Morgan fingerprint density at radius 2 is 1.83 bits per heavy atom. The molecule has 0 saturated heterocycles. The van der Waals surface area contributed by atoms with Gasteiger partial charge in [-0.25, -0.2) is 4.39 Å². The van der Waals surface area contributed by atoms with Crippen molar-refractivity contribution >= 4 is 5.69 Å². The summed E-state index contributed by atoms with van der Waals surface area (Å²) in [7, 11) is 0. The predicted molar refractivity (Wildman–Crippen MR) is 74.4 cm³/mol. The predicted octanol–water partition coefficient (Wildman–Crippen LogP) is 4.18. The van der Waals surface area contributed by atoms with Crippen LogP contribution in [0.25, 0.3) is 0 Å². The van der Waals surface area contributed by atoms with Crippen molar-refractivity contribution in [3.05, 3.63) is 65.5 Å². The Morgan fingerprint density at radius 3 is 2.50 bits per heavy atom. The average molecular weight is 243 g/mol. The highest BCUT2D eigenvalue weighted by molar-refractivity contribution is 5.51. The fourth-order valence-corrected chi connectivity index (χ4v) is 2.07. The number of hydrogen-bond donors (Lipinski definition) is 1. The van der Waals surface area contributed by atoms with Crippen molar-refractivity contribution in [3.8, 4) is 0 Å². The van der Waals surface area contributed by atoms with Crippen LogP contribution in [0, 0.1) is 12.7 Å². The van der Waals surface area contributed by atoms with E-state index in [2.05, 4.69) is 24.4 Å². The van der Waals surface area contributed by atoms with E-state index in [9.17, 15) is 4.39 Å². The fourth-order valence-electron chi connectivity index (χ4n) is 2.07. The van der Waals surface area contributed by atoms with Crippen LogP contribution < -0.4 is 5.32 Å². The molecule has 0 heterocycles. The molecule has 2 aromatic rings. The van der Waals surface area contributed by atoms with Crippen LogP contribution in [0.2, 0.25) is 0 Å². The summed E-state index contributed by atoms with van der Waals surface area (Å²) in [6.45, 7) is 4.05. The monoisotopic (exact) mass is 243 g/mol. The van der Waals surface area contributed by atoms with Gasteiger partial charge in [-0.15, -0.1) is 0 Å². The van der Waals surface area contributed by atoms with Gasteiger partial charge in [0.15, 0.2) is 0 Å². The number of aryl methyl sites for hydroxylation is 1. The lowest BCUT2D eigenvalue weighted by atomic mass is 10.1. The molecule has 0 bridgehead atoms. The lowest BCUT2D eigenvalue weighted by Crippen LogP contribution is -2.18. The van der Waals surface area contributed by atoms with Crippen LogP contribution in [-0.2, 0) is 6.42 Å². The quantitative estimate of drug-likeness (QED) is 0.849. The standard InChI is InChI=1S/C16H18FN/c1-12-10-15(17)8-9-16(12)18-13(2)11-14-6-4-3-5-7-14/h3-10,13,18H,11H2,1-2H3. The summed E-state index contributed by atoms with van der Waals surface area (Å²) in [6, 6.07) is 15.5. The van der Waals surface area contributed by atoms with Gasteiger partial charge in [0.1, 0.15) is 5.82 Å². The van der Waals surface area contributed by atoms with Gasteiger partial charge >= 0.3 is 0 Å². The first kappa shape index (κ1) is 12.6. The molecule has 18 heavy (non-hydrogen) atoms. The first-order chi connectivity index (χ1) is 8.65. The summed E-state index contributed by atoms with van der Waals surface area (Å²) >= 11 is 0. The van der Waals surface area contributed by atoms with Gasteiger partial charge in [-0.3, -0.25) is 0 Å². The zero-order valence-corrected chi connectivity index (χ0v) is 10.8. The summed E-state index contributed by atoms with van der Waals surface area (Å²) in [4.78, 5) is 0. The first-order valence-electron chi connectivity index (χ1n) is 6.22. The lowest BCUT2D eigenvalue weighted by Gasteiger charge is -2.17. The molecule has 1 unspecified atom stereocenters. The topological polar surface area (TPSA) is 12.0 Å². The van der Waals surface area contributed by atoms with Crippen molar-refractivity contribution < 1.29 is 4.39 Å². The van der Waals surface area contributed by atoms with Crippen LogP contribution in [0.4, 0.5) is 10.1 Å². The van der Waals surface area contributed by atoms with Gasteiger partial charge < -0.3 is 5.32 Å². The van der Waals surface area contributed by atoms with Crippen molar-refractivity contribution in [3.63, 3.8) is 0 Å². The molecular formula is C16H18FN. The highest BCUT2D eigenvalue weighted by Gasteiger charge is 2.05. The highest BCUT2D eigenvalue weighted by atomic mass is 19.1. The first-order valence-corrected chi connectivity index (χ1v) is 6.22. The second-order valence-corrected chi connectivity index (χ2v) is 4.69. The van der Waals surface area contributed by atoms with Gasteiger partial charge in [0.05, 0.1) is 0 Å². The van der Waals surface area contributed by atoms with E-state index in [1.54, 1.807) is 12.1 Å². The Labute approximate surface area is 108 Å². The Morgan fingerprint density at radius 1 is 1.11 bits per heavy atom. The molecule has 0 saturated carbocycles. The Kier molecular flexibility index (Phi) is 3.98. The number of hydrogen-bond acceptors (Lipinski definition) is 1. The molecule has 1 nitrogen and oxygen atoms in total. The maximum Gasteiger partial charge on any atom is 0.123 e. The minimum atomic E-state index is -0.186. The number of benzene rings is 2. The Balaban J connectivity index is 2.01. The van der Waals surface area contributed by atoms with Gasteiger partial charge in [0.2, 0.25) is 0 Å². The number of anilines is 1. The van der Waals surface area contributed by atoms with Crippen molar-refractivity contribution in [2.24, 2.45) is 0 Å². The van der Waals surface area contributed by atoms with E-state index in [0.29, 0.717) is 6.04 Å². The summed E-state index contributed by atoms with van der Waals surface area (Å²) in [5.41, 5.74) is 3.24. The molecule has 2 aromatic carbocycles. The molecule has 1 atom stereocenters. The molecule has 0 aliphatic carbocycles. The van der Waals surface area contributed by atoms with Gasteiger partial charge in [0, 0.05) is 11.7 Å². The molecule has 0 aliphatic rings. The SMILES string of the molecule is Cc1cc(F)ccc1NC(C)Cc1ccccc1. The molecule has 0 aromatic heterocycles. The van der Waals surface area contributed by atoms with Crippen LogP contribution in [0.15, 0.2) is 48.5 Å². The summed E-state index contributed by atoms with van der Waals surface area (Å²) < 4.78 is 13.0. The Bertz CT molecular complexity index is 508. The average Bonchev–Trinajstić information content (AvgIpc) is 2.34. The van der Waals surface area contributed by atoms with Crippen LogP contribution in [0.1, 0.15) is 18.1 Å². The lowest BCUT2D eigenvalue weighted by molar-refractivity contribution is 0.626. The van der Waals surface area contributed by atoms with Crippen molar-refractivity contribution in [1.29, 1.82) is 0 Å². The van der Waals surface area contributed by atoms with E-state index in [-0.39, 0.29) is 5.82 Å². The zero-order chi connectivity index (χ0) is 13.0. The molecule has 0 spiro atoms. The summed E-state index contributed by atoms with van der Waals surface area (Å²) in [6.07, 6.45) is 0.956. The molecule has 94 valence electrons. The molecule has 0 aliphatic heterocycles. The third kappa shape index (κ3) is 3.33. The third-order valence-electron chi connectivity index (χ3n) is 2.98. The maximum atomic E-state index is 13.0. The number of rotatable bonds is 4.